The van der Waals surface area contributed by atoms with Crippen molar-refractivity contribution >= 4 is 29.2 Å². The lowest BCUT2D eigenvalue weighted by atomic mass is 10.2. The van der Waals surface area contributed by atoms with Gasteiger partial charge in [-0.05, 0) is 38.1 Å². The van der Waals surface area contributed by atoms with Crippen LogP contribution in [0.15, 0.2) is 24.3 Å². The molecule has 2 N–H and O–H groups in total. The molecule has 0 aromatic heterocycles. The van der Waals surface area contributed by atoms with Crippen molar-refractivity contribution < 1.29 is 14.7 Å². The van der Waals surface area contributed by atoms with E-state index < -0.39 is 5.97 Å². The Kier molecular flexibility index (Phi) is 5.63. The fourth-order valence-electron chi connectivity index (χ4n) is 1.59. The van der Waals surface area contributed by atoms with Crippen LogP contribution in [0.1, 0.15) is 13.8 Å². The zero-order valence-corrected chi connectivity index (χ0v) is 11.6. The number of carbonyl (C=O) groups excluding carboxylic acids is 1. The van der Waals surface area contributed by atoms with Crippen LogP contribution < -0.4 is 10.2 Å². The van der Waals surface area contributed by atoms with Gasteiger partial charge in [0.15, 0.2) is 0 Å². The van der Waals surface area contributed by atoms with Crippen molar-refractivity contribution in [1.29, 1.82) is 0 Å². The normalized spacial score (nSPS) is 10.3. The maximum absolute atomic E-state index is 11.7. The third-order valence-corrected chi connectivity index (χ3v) is 2.55. The summed E-state index contributed by atoms with van der Waals surface area (Å²) < 4.78 is 0. The summed E-state index contributed by atoms with van der Waals surface area (Å²) in [5, 5.41) is 12.2. The molecule has 0 aliphatic rings. The van der Waals surface area contributed by atoms with E-state index in [9.17, 15) is 9.59 Å². The standard InChI is InChI=1S/C13H17ClN2O3/c1-9(2)15-12(17)7-16(8-13(18)19)11-5-3-10(14)4-6-11/h3-6,9H,7-8H2,1-2H3,(H,15,17)(H,18,19). The summed E-state index contributed by atoms with van der Waals surface area (Å²) in [6, 6.07) is 6.71. The van der Waals surface area contributed by atoms with Gasteiger partial charge in [-0.25, -0.2) is 0 Å². The molecule has 0 heterocycles. The largest absolute Gasteiger partial charge is 0.480 e. The fraction of sp³-hybridized carbons (Fsp3) is 0.385. The smallest absolute Gasteiger partial charge is 0.323 e. The molecule has 104 valence electrons. The van der Waals surface area contributed by atoms with Crippen LogP contribution >= 0.6 is 11.6 Å². The Hall–Kier alpha value is -1.75. The number of carboxylic acid groups (broad SMARTS) is 1. The summed E-state index contributed by atoms with van der Waals surface area (Å²) >= 11 is 5.78. The van der Waals surface area contributed by atoms with Crippen molar-refractivity contribution in [2.45, 2.75) is 19.9 Å². The lowest BCUT2D eigenvalue weighted by Gasteiger charge is -2.23. The quantitative estimate of drug-likeness (QED) is 0.835. The monoisotopic (exact) mass is 284 g/mol. The molecule has 0 aliphatic carbocycles. The molecule has 0 saturated carbocycles. The van der Waals surface area contributed by atoms with Gasteiger partial charge in [0, 0.05) is 16.8 Å². The first-order chi connectivity index (χ1) is 8.88. The van der Waals surface area contributed by atoms with Crippen LogP contribution in [-0.2, 0) is 9.59 Å². The highest BCUT2D eigenvalue weighted by Gasteiger charge is 2.15. The van der Waals surface area contributed by atoms with E-state index in [1.165, 1.54) is 4.90 Å². The molecule has 6 heteroatoms. The number of rotatable bonds is 6. The Morgan fingerprint density at radius 2 is 1.84 bits per heavy atom. The highest BCUT2D eigenvalue weighted by Crippen LogP contribution is 2.17. The van der Waals surface area contributed by atoms with Gasteiger partial charge in [0.25, 0.3) is 0 Å². The summed E-state index contributed by atoms with van der Waals surface area (Å²) in [4.78, 5) is 24.1. The number of hydrogen-bond acceptors (Lipinski definition) is 3. The minimum absolute atomic E-state index is 0.00783. The number of carboxylic acids is 1. The molecule has 19 heavy (non-hydrogen) atoms. The number of nitrogens with zero attached hydrogens (tertiary/aromatic N) is 1. The van der Waals surface area contributed by atoms with Crippen LogP contribution in [0.4, 0.5) is 5.69 Å². The van der Waals surface area contributed by atoms with Crippen molar-refractivity contribution in [3.8, 4) is 0 Å². The Bertz CT molecular complexity index is 446. The average Bonchev–Trinajstić information content (AvgIpc) is 2.27. The van der Waals surface area contributed by atoms with E-state index in [2.05, 4.69) is 5.32 Å². The first kappa shape index (κ1) is 15.3. The first-order valence-corrected chi connectivity index (χ1v) is 6.28. The Balaban J connectivity index is 2.79. The fourth-order valence-corrected chi connectivity index (χ4v) is 1.72. The van der Waals surface area contributed by atoms with Gasteiger partial charge in [-0.2, -0.15) is 0 Å². The highest BCUT2D eigenvalue weighted by molar-refractivity contribution is 6.30. The Labute approximate surface area is 117 Å². The molecular weight excluding hydrogens is 268 g/mol. The number of hydrogen-bond donors (Lipinski definition) is 2. The molecule has 0 spiro atoms. The molecule has 0 unspecified atom stereocenters. The van der Waals surface area contributed by atoms with E-state index in [4.69, 9.17) is 16.7 Å². The number of nitrogens with one attached hydrogen (secondary N) is 1. The zero-order chi connectivity index (χ0) is 14.4. The summed E-state index contributed by atoms with van der Waals surface area (Å²) in [7, 11) is 0. The van der Waals surface area contributed by atoms with E-state index in [0.717, 1.165) is 0 Å². The predicted octanol–water partition coefficient (Wildman–Crippen LogP) is 1.76. The Morgan fingerprint density at radius 3 is 2.32 bits per heavy atom. The average molecular weight is 285 g/mol. The van der Waals surface area contributed by atoms with Gasteiger partial charge in [0.2, 0.25) is 5.91 Å². The molecule has 5 nitrogen and oxygen atoms in total. The molecule has 0 aliphatic heterocycles. The summed E-state index contributed by atoms with van der Waals surface area (Å²) in [6.07, 6.45) is 0. The topological polar surface area (TPSA) is 69.6 Å². The van der Waals surface area contributed by atoms with Crippen LogP contribution in [0.2, 0.25) is 5.02 Å². The molecule has 0 fully saturated rings. The third kappa shape index (κ3) is 5.61. The number of benzene rings is 1. The number of halogens is 1. The molecule has 0 atom stereocenters. The van der Waals surface area contributed by atoms with Crippen molar-refractivity contribution in [1.82, 2.24) is 5.32 Å². The van der Waals surface area contributed by atoms with E-state index in [-0.39, 0.29) is 25.0 Å². The SMILES string of the molecule is CC(C)NC(=O)CN(CC(=O)O)c1ccc(Cl)cc1. The van der Waals surface area contributed by atoms with Crippen molar-refractivity contribution in [2.75, 3.05) is 18.0 Å². The van der Waals surface area contributed by atoms with Crippen LogP contribution in [0.5, 0.6) is 0 Å². The summed E-state index contributed by atoms with van der Waals surface area (Å²) in [5.74, 6) is -1.21. The van der Waals surface area contributed by atoms with Gasteiger partial charge in [-0.1, -0.05) is 11.6 Å². The van der Waals surface area contributed by atoms with Crippen molar-refractivity contribution in [3.63, 3.8) is 0 Å². The molecule has 0 radical (unpaired) electrons. The molecule has 0 saturated heterocycles. The second-order valence-corrected chi connectivity index (χ2v) is 4.88. The summed E-state index contributed by atoms with van der Waals surface area (Å²) in [6.45, 7) is 3.45. The van der Waals surface area contributed by atoms with E-state index in [1.807, 2.05) is 13.8 Å². The molecular formula is C13H17ClN2O3. The molecule has 0 bridgehead atoms. The molecule has 1 aromatic carbocycles. The second-order valence-electron chi connectivity index (χ2n) is 4.45. The maximum Gasteiger partial charge on any atom is 0.323 e. The van der Waals surface area contributed by atoms with Gasteiger partial charge in [-0.15, -0.1) is 0 Å². The number of anilines is 1. The maximum atomic E-state index is 11.7. The first-order valence-electron chi connectivity index (χ1n) is 5.90. The zero-order valence-electron chi connectivity index (χ0n) is 10.9. The lowest BCUT2D eigenvalue weighted by Crippen LogP contribution is -2.42. The number of carbonyl (C=O) groups is 2. The molecule has 1 amide bonds. The van der Waals surface area contributed by atoms with E-state index in [1.54, 1.807) is 24.3 Å². The second kappa shape index (κ2) is 6.99. The highest BCUT2D eigenvalue weighted by atomic mass is 35.5. The minimum Gasteiger partial charge on any atom is -0.480 e. The Morgan fingerprint density at radius 1 is 1.26 bits per heavy atom. The van der Waals surface area contributed by atoms with Gasteiger partial charge < -0.3 is 15.3 Å². The predicted molar refractivity (Wildman–Crippen MR) is 74.6 cm³/mol. The number of aliphatic carboxylic acids is 1. The van der Waals surface area contributed by atoms with Crippen LogP contribution in [0, 0.1) is 0 Å². The molecule has 1 rings (SSSR count). The van der Waals surface area contributed by atoms with Crippen molar-refractivity contribution in [3.05, 3.63) is 29.3 Å². The van der Waals surface area contributed by atoms with Crippen LogP contribution in [0.3, 0.4) is 0 Å². The van der Waals surface area contributed by atoms with Gasteiger partial charge in [0.1, 0.15) is 6.54 Å². The van der Waals surface area contributed by atoms with Crippen molar-refractivity contribution in [2.24, 2.45) is 0 Å². The van der Waals surface area contributed by atoms with Gasteiger partial charge >= 0.3 is 5.97 Å². The van der Waals surface area contributed by atoms with E-state index >= 15 is 0 Å². The summed E-state index contributed by atoms with van der Waals surface area (Å²) in [5.41, 5.74) is 0.644. The van der Waals surface area contributed by atoms with E-state index in [0.29, 0.717) is 10.7 Å². The van der Waals surface area contributed by atoms with Crippen LogP contribution in [0.25, 0.3) is 0 Å². The lowest BCUT2D eigenvalue weighted by molar-refractivity contribution is -0.135. The third-order valence-electron chi connectivity index (χ3n) is 2.30. The molecule has 1 aromatic rings. The van der Waals surface area contributed by atoms with Gasteiger partial charge in [0.05, 0.1) is 6.54 Å². The minimum atomic E-state index is -0.993. The van der Waals surface area contributed by atoms with Gasteiger partial charge in [-0.3, -0.25) is 9.59 Å². The van der Waals surface area contributed by atoms with Crippen LogP contribution in [-0.4, -0.2) is 36.1 Å². The number of amides is 1.